The van der Waals surface area contributed by atoms with Gasteiger partial charge >= 0.3 is 5.97 Å². The van der Waals surface area contributed by atoms with Crippen molar-refractivity contribution in [1.82, 2.24) is 10.6 Å². The fourth-order valence-corrected chi connectivity index (χ4v) is 1.77. The largest absolute Gasteiger partial charge is 0.466 e. The number of methoxy groups -OCH3 is 1. The van der Waals surface area contributed by atoms with Crippen molar-refractivity contribution in [2.75, 3.05) is 40.0 Å². The molecule has 0 radical (unpaired) electrons. The Morgan fingerprint density at radius 3 is 2.45 bits per heavy atom. The van der Waals surface area contributed by atoms with Crippen LogP contribution < -0.4 is 10.6 Å². The molecule has 0 spiro atoms. The predicted molar refractivity (Wildman–Crippen MR) is 101 cm³/mol. The lowest BCUT2D eigenvalue weighted by Crippen LogP contribution is -2.39. The van der Waals surface area contributed by atoms with Crippen LogP contribution in [-0.2, 0) is 14.3 Å². The van der Waals surface area contributed by atoms with Gasteiger partial charge in [-0.2, -0.15) is 0 Å². The van der Waals surface area contributed by atoms with Gasteiger partial charge in [-0.05, 0) is 26.7 Å². The lowest BCUT2D eigenvalue weighted by Gasteiger charge is -2.10. The molecule has 7 heteroatoms. The third-order valence-corrected chi connectivity index (χ3v) is 2.81. The summed E-state index contributed by atoms with van der Waals surface area (Å²) in [5.41, 5.74) is 0. The molecule has 0 aliphatic carbocycles. The Hall–Kier alpha value is -0.570. The van der Waals surface area contributed by atoms with Crippen molar-refractivity contribution in [3.63, 3.8) is 0 Å². The Kier molecular flexibility index (Phi) is 19.9. The van der Waals surface area contributed by atoms with Gasteiger partial charge in [0.1, 0.15) is 0 Å². The predicted octanol–water partition coefficient (Wildman–Crippen LogP) is 2.32. The first-order valence-electron chi connectivity index (χ1n) is 7.91. The molecule has 0 rings (SSSR count). The highest BCUT2D eigenvalue weighted by molar-refractivity contribution is 14.0. The minimum absolute atomic E-state index is 0. The third-order valence-electron chi connectivity index (χ3n) is 2.81. The number of aliphatic imine (C=N–C) groups is 1. The van der Waals surface area contributed by atoms with Crippen molar-refractivity contribution >= 4 is 35.9 Å². The van der Waals surface area contributed by atoms with Gasteiger partial charge in [-0.3, -0.25) is 9.79 Å². The molecular formula is C15H32IN3O3. The van der Waals surface area contributed by atoms with E-state index in [0.29, 0.717) is 19.6 Å². The number of halogens is 1. The molecule has 0 aliphatic heterocycles. The molecule has 0 saturated carbocycles. The van der Waals surface area contributed by atoms with E-state index in [1.807, 2.05) is 13.8 Å². The number of guanidine groups is 1. The van der Waals surface area contributed by atoms with Crippen molar-refractivity contribution in [3.05, 3.63) is 0 Å². The normalized spacial score (nSPS) is 10.8. The maximum absolute atomic E-state index is 11.1. The van der Waals surface area contributed by atoms with E-state index < -0.39 is 0 Å². The number of esters is 1. The molecule has 0 aromatic carbocycles. The van der Waals surface area contributed by atoms with Crippen LogP contribution in [0.5, 0.6) is 0 Å². The first-order valence-corrected chi connectivity index (χ1v) is 7.91. The number of carbonyl (C=O) groups is 1. The Bertz CT molecular complexity index is 289. The van der Waals surface area contributed by atoms with Crippen molar-refractivity contribution in [2.24, 2.45) is 4.99 Å². The average Bonchev–Trinajstić information content (AvgIpc) is 2.46. The fraction of sp³-hybridized carbons (Fsp3) is 0.867. The minimum atomic E-state index is -0.0905. The topological polar surface area (TPSA) is 72.0 Å². The highest BCUT2D eigenvalue weighted by atomic mass is 127. The monoisotopic (exact) mass is 429 g/mol. The number of hydrogen-bond donors (Lipinski definition) is 2. The minimum Gasteiger partial charge on any atom is -0.466 e. The molecule has 0 atom stereocenters. The maximum Gasteiger partial charge on any atom is 0.305 e. The Balaban J connectivity index is 0. The van der Waals surface area contributed by atoms with Crippen LogP contribution in [-0.4, -0.2) is 51.9 Å². The molecule has 0 fully saturated rings. The van der Waals surface area contributed by atoms with E-state index in [1.54, 1.807) is 7.11 Å². The summed E-state index contributed by atoms with van der Waals surface area (Å²) in [4.78, 5) is 15.6. The SMILES string of the molecule is CCNC(=NCCCCCCC(=O)OCC)NCCOC.I. The van der Waals surface area contributed by atoms with Crippen LogP contribution in [0, 0.1) is 0 Å². The molecule has 0 bridgehead atoms. The van der Waals surface area contributed by atoms with E-state index in [4.69, 9.17) is 9.47 Å². The van der Waals surface area contributed by atoms with Gasteiger partial charge in [0.15, 0.2) is 5.96 Å². The van der Waals surface area contributed by atoms with Crippen molar-refractivity contribution in [2.45, 2.75) is 46.0 Å². The van der Waals surface area contributed by atoms with Crippen molar-refractivity contribution < 1.29 is 14.3 Å². The smallest absolute Gasteiger partial charge is 0.305 e. The zero-order valence-electron chi connectivity index (χ0n) is 14.2. The van der Waals surface area contributed by atoms with Crippen LogP contribution >= 0.6 is 24.0 Å². The number of rotatable bonds is 12. The Morgan fingerprint density at radius 2 is 1.82 bits per heavy atom. The molecule has 0 aromatic rings. The van der Waals surface area contributed by atoms with Gasteiger partial charge in [0, 0.05) is 33.2 Å². The summed E-state index contributed by atoms with van der Waals surface area (Å²) in [6.45, 7) is 7.40. The van der Waals surface area contributed by atoms with Gasteiger partial charge in [-0.25, -0.2) is 0 Å². The van der Waals surface area contributed by atoms with E-state index in [2.05, 4.69) is 15.6 Å². The summed E-state index contributed by atoms with van der Waals surface area (Å²) in [6.07, 6.45) is 4.58. The second-order valence-electron chi connectivity index (χ2n) is 4.65. The second kappa shape index (κ2) is 18.5. The van der Waals surface area contributed by atoms with Gasteiger partial charge in [-0.15, -0.1) is 24.0 Å². The number of nitrogens with one attached hydrogen (secondary N) is 2. The number of nitrogens with zero attached hydrogens (tertiary/aromatic N) is 1. The molecule has 0 saturated heterocycles. The maximum atomic E-state index is 11.1. The first kappa shape index (κ1) is 23.7. The Labute approximate surface area is 151 Å². The van der Waals surface area contributed by atoms with E-state index in [0.717, 1.165) is 51.3 Å². The summed E-state index contributed by atoms with van der Waals surface area (Å²) in [5, 5.41) is 6.40. The molecule has 2 N–H and O–H groups in total. The van der Waals surface area contributed by atoms with Crippen LogP contribution in [0.1, 0.15) is 46.0 Å². The lowest BCUT2D eigenvalue weighted by molar-refractivity contribution is -0.143. The van der Waals surface area contributed by atoms with E-state index in [9.17, 15) is 4.79 Å². The molecule has 22 heavy (non-hydrogen) atoms. The van der Waals surface area contributed by atoms with Crippen LogP contribution in [0.4, 0.5) is 0 Å². The second-order valence-corrected chi connectivity index (χ2v) is 4.65. The number of hydrogen-bond acceptors (Lipinski definition) is 4. The zero-order valence-corrected chi connectivity index (χ0v) is 16.5. The molecule has 0 amide bonds. The molecule has 0 aromatic heterocycles. The number of carbonyl (C=O) groups excluding carboxylic acids is 1. The van der Waals surface area contributed by atoms with Crippen LogP contribution in [0.2, 0.25) is 0 Å². The first-order chi connectivity index (χ1) is 10.2. The molecule has 132 valence electrons. The summed E-state index contributed by atoms with van der Waals surface area (Å²) < 4.78 is 9.88. The fourth-order valence-electron chi connectivity index (χ4n) is 1.77. The summed E-state index contributed by atoms with van der Waals surface area (Å²) in [7, 11) is 1.68. The summed E-state index contributed by atoms with van der Waals surface area (Å²) >= 11 is 0. The molecular weight excluding hydrogens is 397 g/mol. The highest BCUT2D eigenvalue weighted by Gasteiger charge is 2.00. The summed E-state index contributed by atoms with van der Waals surface area (Å²) in [6, 6.07) is 0. The molecule has 6 nitrogen and oxygen atoms in total. The van der Waals surface area contributed by atoms with Gasteiger partial charge in [0.25, 0.3) is 0 Å². The van der Waals surface area contributed by atoms with E-state index >= 15 is 0 Å². The van der Waals surface area contributed by atoms with Gasteiger partial charge < -0.3 is 20.1 Å². The lowest BCUT2D eigenvalue weighted by atomic mass is 10.1. The highest BCUT2D eigenvalue weighted by Crippen LogP contribution is 2.04. The van der Waals surface area contributed by atoms with Gasteiger partial charge in [0.05, 0.1) is 13.2 Å². The van der Waals surface area contributed by atoms with Crippen molar-refractivity contribution in [3.8, 4) is 0 Å². The quantitative estimate of drug-likeness (QED) is 0.164. The van der Waals surface area contributed by atoms with Crippen molar-refractivity contribution in [1.29, 1.82) is 0 Å². The molecule has 0 unspecified atom stereocenters. The zero-order chi connectivity index (χ0) is 15.8. The standard InChI is InChI=1S/C15H31N3O3.HI/c1-4-16-15(18-12-13-20-3)17-11-9-7-6-8-10-14(19)21-5-2;/h4-13H2,1-3H3,(H2,16,17,18);1H. The van der Waals surface area contributed by atoms with Crippen LogP contribution in [0.25, 0.3) is 0 Å². The van der Waals surface area contributed by atoms with Gasteiger partial charge in [-0.1, -0.05) is 12.8 Å². The summed E-state index contributed by atoms with van der Waals surface area (Å²) in [5.74, 6) is 0.744. The number of ether oxygens (including phenoxy) is 2. The third kappa shape index (κ3) is 15.8. The van der Waals surface area contributed by atoms with Gasteiger partial charge in [0.2, 0.25) is 0 Å². The van der Waals surface area contributed by atoms with E-state index in [-0.39, 0.29) is 29.9 Å². The van der Waals surface area contributed by atoms with E-state index in [1.165, 1.54) is 0 Å². The van der Waals surface area contributed by atoms with Crippen LogP contribution in [0.3, 0.4) is 0 Å². The number of unbranched alkanes of at least 4 members (excludes halogenated alkanes) is 3. The molecule has 0 aliphatic rings. The Morgan fingerprint density at radius 1 is 1.09 bits per heavy atom. The average molecular weight is 429 g/mol. The molecule has 0 heterocycles. The van der Waals surface area contributed by atoms with Crippen LogP contribution in [0.15, 0.2) is 4.99 Å².